The molecule has 6 aromatic rings. The first-order chi connectivity index (χ1) is 29.1. The van der Waals surface area contributed by atoms with E-state index in [0.29, 0.717) is 18.7 Å². The minimum absolute atomic E-state index is 0. The van der Waals surface area contributed by atoms with Crippen LogP contribution in [0.3, 0.4) is 0 Å². The number of esters is 1. The molecule has 346 valence electrons. The van der Waals surface area contributed by atoms with Crippen molar-refractivity contribution in [2.75, 3.05) is 7.11 Å². The Labute approximate surface area is 385 Å². The number of aliphatic hydroxyl groups is 2. The lowest BCUT2D eigenvalue weighted by Crippen LogP contribution is -2.49. The van der Waals surface area contributed by atoms with E-state index in [1.54, 1.807) is 12.4 Å². The number of nitrogens with two attached hydrogens (primary N) is 1. The Morgan fingerprint density at radius 1 is 0.547 bits per heavy atom. The number of carbonyl (C=O) groups is 3. The third-order valence-corrected chi connectivity index (χ3v) is 9.14. The van der Waals surface area contributed by atoms with Crippen LogP contribution in [0.15, 0.2) is 164 Å². The summed E-state index contributed by atoms with van der Waals surface area (Å²) in [7, 11) is 1.31. The van der Waals surface area contributed by atoms with E-state index in [4.69, 9.17) is 10.4 Å². The molecule has 4 atom stereocenters. The summed E-state index contributed by atoms with van der Waals surface area (Å²) in [6.07, 6.45) is -0.860. The molecule has 0 aromatic heterocycles. The summed E-state index contributed by atoms with van der Waals surface area (Å²) in [6.45, 7) is 3.95. The summed E-state index contributed by atoms with van der Waals surface area (Å²) in [4.78, 5) is 33.5. The van der Waals surface area contributed by atoms with Gasteiger partial charge in [-0.2, -0.15) is 0 Å². The first kappa shape index (κ1) is 60.0. The molecule has 0 fully saturated rings. The second kappa shape index (κ2) is 33.5. The SMILES string of the molecule is C.C.C.COC(=O)[C@@H](NCc1ccc(-c2ccccc2)cc1)[C@@H](C)O.C[C@@H](O)[C@H](NCc1ccc(-c2ccccc2)cc1)C(=O)NO.Cl.NO.O=Cc1ccc(-c2ccccc2)cc1. The number of benzene rings is 6. The van der Waals surface area contributed by atoms with E-state index in [2.05, 4.69) is 45.5 Å². The van der Waals surface area contributed by atoms with E-state index in [1.165, 1.54) is 25.2 Å². The maximum Gasteiger partial charge on any atom is 0.325 e. The third-order valence-electron chi connectivity index (χ3n) is 9.14. The van der Waals surface area contributed by atoms with Crippen molar-refractivity contribution < 1.29 is 39.7 Å². The van der Waals surface area contributed by atoms with E-state index < -0.39 is 36.2 Å². The summed E-state index contributed by atoms with van der Waals surface area (Å²) < 4.78 is 4.68. The number of hydroxylamine groups is 1. The summed E-state index contributed by atoms with van der Waals surface area (Å²) in [5.41, 5.74) is 11.2. The minimum Gasteiger partial charge on any atom is -0.468 e. The van der Waals surface area contributed by atoms with Gasteiger partial charge < -0.3 is 20.2 Å². The van der Waals surface area contributed by atoms with Gasteiger partial charge in [0.05, 0.1) is 19.3 Å². The Morgan fingerprint density at radius 3 is 1.12 bits per heavy atom. The number of ether oxygens (including phenoxy) is 1. The highest BCUT2D eigenvalue weighted by atomic mass is 35.5. The molecule has 0 unspecified atom stereocenters. The fourth-order valence-corrected chi connectivity index (χ4v) is 5.86. The zero-order valence-corrected chi connectivity index (χ0v) is 35.1. The minimum atomic E-state index is -0.907. The second-order valence-corrected chi connectivity index (χ2v) is 13.4. The molecule has 0 aliphatic heterocycles. The Kier molecular flexibility index (Phi) is 31.4. The maximum atomic E-state index is 11.6. The lowest BCUT2D eigenvalue weighted by atomic mass is 10.0. The first-order valence-corrected chi connectivity index (χ1v) is 19.1. The molecule has 0 spiro atoms. The van der Waals surface area contributed by atoms with Gasteiger partial charge in [0.15, 0.2) is 0 Å². The van der Waals surface area contributed by atoms with Gasteiger partial charge in [0, 0.05) is 18.7 Å². The molecule has 0 saturated heterocycles. The van der Waals surface area contributed by atoms with Gasteiger partial charge in [-0.15, -0.1) is 12.4 Å². The average molecular weight is 900 g/mol. The number of amides is 1. The van der Waals surface area contributed by atoms with E-state index in [0.717, 1.165) is 39.7 Å². The summed E-state index contributed by atoms with van der Waals surface area (Å²) in [6, 6.07) is 52.3. The topological polar surface area (TPSA) is 203 Å². The van der Waals surface area contributed by atoms with E-state index >= 15 is 0 Å². The number of halogens is 1. The lowest BCUT2D eigenvalue weighted by molar-refractivity contribution is -0.146. The molecule has 0 radical (unpaired) electrons. The van der Waals surface area contributed by atoms with Crippen LogP contribution in [0.2, 0.25) is 0 Å². The number of hydrogen-bond acceptors (Lipinski definition) is 11. The number of carbonyl (C=O) groups excluding carboxylic acids is 3. The van der Waals surface area contributed by atoms with Crippen molar-refractivity contribution in [2.45, 2.75) is 73.5 Å². The van der Waals surface area contributed by atoms with Crippen LogP contribution in [0.4, 0.5) is 0 Å². The van der Waals surface area contributed by atoms with E-state index in [-0.39, 0.29) is 34.7 Å². The van der Waals surface area contributed by atoms with Gasteiger partial charge >= 0.3 is 5.97 Å². The van der Waals surface area contributed by atoms with Crippen molar-refractivity contribution in [1.82, 2.24) is 16.1 Å². The van der Waals surface area contributed by atoms with Gasteiger partial charge in [0.2, 0.25) is 0 Å². The van der Waals surface area contributed by atoms with Crippen molar-refractivity contribution in [3.05, 3.63) is 180 Å². The number of aliphatic hydroxyl groups excluding tert-OH is 2. The molecule has 0 aliphatic rings. The van der Waals surface area contributed by atoms with E-state index in [9.17, 15) is 24.6 Å². The van der Waals surface area contributed by atoms with Crippen LogP contribution < -0.4 is 22.0 Å². The van der Waals surface area contributed by atoms with Crippen LogP contribution in [0.5, 0.6) is 0 Å². The summed E-state index contributed by atoms with van der Waals surface area (Å²) in [5, 5.41) is 40.3. The molecule has 0 aliphatic carbocycles. The molecular weight excluding hydrogens is 832 g/mol. The third kappa shape index (κ3) is 20.0. The van der Waals surface area contributed by atoms with Crippen LogP contribution in [-0.4, -0.2) is 70.2 Å². The average Bonchev–Trinajstić information content (AvgIpc) is 3.31. The van der Waals surface area contributed by atoms with Crippen molar-refractivity contribution in [2.24, 2.45) is 5.90 Å². The van der Waals surface area contributed by atoms with Gasteiger partial charge in [-0.05, 0) is 58.4 Å². The Hall–Kier alpha value is -6.06. The van der Waals surface area contributed by atoms with Crippen molar-refractivity contribution in [3.8, 4) is 33.4 Å². The Morgan fingerprint density at radius 2 is 0.844 bits per heavy atom. The van der Waals surface area contributed by atoms with Crippen molar-refractivity contribution in [1.29, 1.82) is 0 Å². The summed E-state index contributed by atoms with van der Waals surface area (Å²) in [5.74, 6) is 2.38. The smallest absolute Gasteiger partial charge is 0.325 e. The highest BCUT2D eigenvalue weighted by Gasteiger charge is 2.24. The van der Waals surface area contributed by atoms with E-state index in [1.807, 2.05) is 140 Å². The molecule has 0 bridgehead atoms. The number of hydrogen-bond donors (Lipinski definition) is 8. The van der Waals surface area contributed by atoms with Gasteiger partial charge in [-0.1, -0.05) is 186 Å². The molecule has 64 heavy (non-hydrogen) atoms. The molecule has 0 heterocycles. The second-order valence-electron chi connectivity index (χ2n) is 13.4. The molecule has 0 saturated carbocycles. The van der Waals surface area contributed by atoms with Crippen molar-refractivity contribution >= 4 is 30.6 Å². The Balaban J connectivity index is 0. The molecule has 13 heteroatoms. The number of methoxy groups -OCH3 is 1. The van der Waals surface area contributed by atoms with Crippen LogP contribution in [0.1, 0.15) is 57.6 Å². The predicted octanol–water partition coefficient (Wildman–Crippen LogP) is 8.89. The van der Waals surface area contributed by atoms with Crippen molar-refractivity contribution in [3.63, 3.8) is 0 Å². The van der Waals surface area contributed by atoms with Gasteiger partial charge in [0.25, 0.3) is 5.91 Å². The largest absolute Gasteiger partial charge is 0.468 e. The number of aldehydes is 1. The quantitative estimate of drug-likeness (QED) is 0.0225. The standard InChI is InChI=1S/C18H21NO3.C17H20N2O3.C13H10O.3CH4.ClH.H3NO/c1-13(20)17(18(21)22-2)19-12-14-8-10-16(11-9-14)15-6-4-3-5-7-15;1-12(20)16(17(21)19-22)18-11-13-7-9-15(10-8-13)14-5-3-2-4-6-14;14-10-11-6-8-13(9-7-11)12-4-2-1-3-5-12;;;;;1-2/h3-11,13,17,19-20H,12H2,1-2H3;2-10,12,16,18,20,22H,11H2,1H3,(H,19,21);1-10H;3*1H4;1H;2H,1H2/t13-,17+;12-,16+;;;;;;/m11....../s1. The highest BCUT2D eigenvalue weighted by molar-refractivity contribution is 5.85. The molecular formula is C51H67ClN4O8. The summed E-state index contributed by atoms with van der Waals surface area (Å²) >= 11 is 0. The maximum absolute atomic E-state index is 11.6. The molecule has 6 rings (SSSR count). The molecule has 1 amide bonds. The highest BCUT2D eigenvalue weighted by Crippen LogP contribution is 2.21. The van der Waals surface area contributed by atoms with Crippen LogP contribution >= 0.6 is 12.4 Å². The fraction of sp³-hybridized carbons (Fsp3) is 0.235. The predicted molar refractivity (Wildman–Crippen MR) is 261 cm³/mol. The molecule has 6 aromatic carbocycles. The molecule has 9 N–H and O–H groups in total. The van der Waals surface area contributed by atoms with Crippen LogP contribution in [0.25, 0.3) is 33.4 Å². The fourth-order valence-electron chi connectivity index (χ4n) is 5.86. The van der Waals surface area contributed by atoms with Gasteiger partial charge in [-0.25, -0.2) is 11.4 Å². The van der Waals surface area contributed by atoms with Gasteiger partial charge in [-0.3, -0.25) is 30.2 Å². The van der Waals surface area contributed by atoms with Crippen LogP contribution in [-0.2, 0) is 27.4 Å². The normalized spacial score (nSPS) is 11.4. The number of nitrogens with one attached hydrogen (secondary N) is 3. The first-order valence-electron chi connectivity index (χ1n) is 19.1. The zero-order chi connectivity index (χ0) is 43.7. The number of rotatable bonds is 14. The lowest BCUT2D eigenvalue weighted by Gasteiger charge is -2.19. The molecule has 12 nitrogen and oxygen atoms in total. The van der Waals surface area contributed by atoms with Crippen LogP contribution in [0, 0.1) is 0 Å². The Bertz CT molecular complexity index is 2000. The zero-order valence-electron chi connectivity index (χ0n) is 34.3. The monoisotopic (exact) mass is 898 g/mol. The van der Waals surface area contributed by atoms with Gasteiger partial charge in [0.1, 0.15) is 18.4 Å².